The zero-order valence-corrected chi connectivity index (χ0v) is 5.92. The maximum Gasteiger partial charge on any atom is 0 e. The minimum absolute atomic E-state index is 0. The van der Waals surface area contributed by atoms with Crippen molar-refractivity contribution in [2.45, 2.75) is 13.8 Å². The Kier molecular flexibility index (Phi) is 15.1. The second-order valence-electron chi connectivity index (χ2n) is 0.856. The van der Waals surface area contributed by atoms with Crippen LogP contribution in [0.3, 0.4) is 0 Å². The summed E-state index contributed by atoms with van der Waals surface area (Å²) in [5.74, 6) is 0. The van der Waals surface area contributed by atoms with Gasteiger partial charge in [0, 0.05) is 21.7 Å². The molecule has 0 aliphatic rings. The van der Waals surface area contributed by atoms with Crippen molar-refractivity contribution in [1.29, 1.82) is 0 Å². The van der Waals surface area contributed by atoms with Gasteiger partial charge in [0.15, 0.2) is 0 Å². The maximum atomic E-state index is 3.97. The molecule has 0 fully saturated rings. The van der Waals surface area contributed by atoms with Gasteiger partial charge in [-0.2, -0.15) is 13.1 Å². The SMILES string of the molecule is CC[N-]CC.[Ti]. The number of hydrogen-bond acceptors (Lipinski definition) is 0. The van der Waals surface area contributed by atoms with Crippen LogP contribution in [0.5, 0.6) is 0 Å². The van der Waals surface area contributed by atoms with Gasteiger partial charge in [-0.25, -0.2) is 0 Å². The van der Waals surface area contributed by atoms with Gasteiger partial charge in [0.05, 0.1) is 0 Å². The fourth-order valence-electron chi connectivity index (χ4n) is 0.224. The van der Waals surface area contributed by atoms with E-state index >= 15 is 0 Å². The molecule has 0 aromatic carbocycles. The van der Waals surface area contributed by atoms with E-state index in [9.17, 15) is 0 Å². The molecule has 0 heterocycles. The molecule has 0 aromatic rings. The van der Waals surface area contributed by atoms with E-state index in [0.29, 0.717) is 0 Å². The first kappa shape index (κ1) is 9.84. The van der Waals surface area contributed by atoms with E-state index < -0.39 is 0 Å². The summed E-state index contributed by atoms with van der Waals surface area (Å²) in [5, 5.41) is 3.97. The molecule has 6 heavy (non-hydrogen) atoms. The quantitative estimate of drug-likeness (QED) is 0.489. The molecule has 2 heteroatoms. The van der Waals surface area contributed by atoms with Crippen LogP contribution >= 0.6 is 0 Å². The summed E-state index contributed by atoms with van der Waals surface area (Å²) >= 11 is 0. The van der Waals surface area contributed by atoms with E-state index in [2.05, 4.69) is 5.32 Å². The monoisotopic (exact) mass is 120 g/mol. The van der Waals surface area contributed by atoms with E-state index in [1.165, 1.54) is 0 Å². The van der Waals surface area contributed by atoms with Crippen molar-refractivity contribution in [3.8, 4) is 0 Å². The van der Waals surface area contributed by atoms with Gasteiger partial charge in [-0.05, 0) is 0 Å². The zero-order chi connectivity index (χ0) is 4.12. The van der Waals surface area contributed by atoms with Gasteiger partial charge in [-0.15, -0.1) is 0 Å². The topological polar surface area (TPSA) is 14.1 Å². The third-order valence-electron chi connectivity index (χ3n) is 0.447. The molecule has 0 N–H and O–H groups in total. The molecule has 0 saturated heterocycles. The Labute approximate surface area is 54.4 Å². The Morgan fingerprint density at radius 1 is 1.17 bits per heavy atom. The molecule has 0 saturated carbocycles. The molecule has 0 radical (unpaired) electrons. The van der Waals surface area contributed by atoms with Crippen molar-refractivity contribution >= 4 is 0 Å². The van der Waals surface area contributed by atoms with Gasteiger partial charge in [-0.3, -0.25) is 0 Å². The summed E-state index contributed by atoms with van der Waals surface area (Å²) in [5.41, 5.74) is 0. The molecular weight excluding hydrogens is 110 g/mol. The molecule has 0 amide bonds. The molecule has 0 unspecified atom stereocenters. The Hall–Kier alpha value is 0.674. The van der Waals surface area contributed by atoms with Crippen molar-refractivity contribution in [2.75, 3.05) is 13.1 Å². The summed E-state index contributed by atoms with van der Waals surface area (Å²) in [6.07, 6.45) is 0. The standard InChI is InChI=1S/C4H10N.Ti/c1-3-5-4-2;/h3-4H2,1-2H3;/q-1;. The van der Waals surface area contributed by atoms with Crippen molar-refractivity contribution in [3.63, 3.8) is 0 Å². The summed E-state index contributed by atoms with van der Waals surface area (Å²) in [6, 6.07) is 0. The van der Waals surface area contributed by atoms with Crippen LogP contribution in [0.1, 0.15) is 13.8 Å². The average molecular weight is 120 g/mol. The Bertz CT molecular complexity index is 15.0. The normalized spacial score (nSPS) is 7.00. The third-order valence-corrected chi connectivity index (χ3v) is 0.447. The van der Waals surface area contributed by atoms with Crippen LogP contribution in [0.2, 0.25) is 0 Å². The van der Waals surface area contributed by atoms with Gasteiger partial charge in [-0.1, -0.05) is 13.8 Å². The van der Waals surface area contributed by atoms with E-state index in [4.69, 9.17) is 0 Å². The van der Waals surface area contributed by atoms with Crippen LogP contribution < -0.4 is 0 Å². The van der Waals surface area contributed by atoms with E-state index in [-0.39, 0.29) is 21.7 Å². The van der Waals surface area contributed by atoms with Gasteiger partial charge in [0.1, 0.15) is 0 Å². The van der Waals surface area contributed by atoms with E-state index in [1.807, 2.05) is 13.8 Å². The van der Waals surface area contributed by atoms with Crippen LogP contribution in [-0.4, -0.2) is 13.1 Å². The van der Waals surface area contributed by atoms with Gasteiger partial charge >= 0.3 is 0 Å². The van der Waals surface area contributed by atoms with Gasteiger partial charge in [0.25, 0.3) is 0 Å². The zero-order valence-electron chi connectivity index (χ0n) is 4.36. The molecule has 0 bridgehead atoms. The van der Waals surface area contributed by atoms with Crippen LogP contribution in [-0.2, 0) is 21.7 Å². The second kappa shape index (κ2) is 9.18. The molecule has 0 rings (SSSR count). The molecular formula is C4H10NTi-. The first-order valence-corrected chi connectivity index (χ1v) is 2.05. The Morgan fingerprint density at radius 2 is 1.50 bits per heavy atom. The summed E-state index contributed by atoms with van der Waals surface area (Å²) < 4.78 is 0. The van der Waals surface area contributed by atoms with Crippen molar-refractivity contribution < 1.29 is 21.7 Å². The number of rotatable bonds is 2. The van der Waals surface area contributed by atoms with Crippen molar-refractivity contribution in [3.05, 3.63) is 5.32 Å². The Morgan fingerprint density at radius 3 is 1.50 bits per heavy atom. The fraction of sp³-hybridized carbons (Fsp3) is 1.00. The third kappa shape index (κ3) is 8.82. The average Bonchev–Trinajstić information content (AvgIpc) is 1.41. The van der Waals surface area contributed by atoms with Crippen LogP contribution in [0.4, 0.5) is 0 Å². The van der Waals surface area contributed by atoms with Crippen LogP contribution in [0.25, 0.3) is 5.32 Å². The molecule has 0 spiro atoms. The Balaban J connectivity index is 0. The van der Waals surface area contributed by atoms with Gasteiger partial charge < -0.3 is 5.32 Å². The fourth-order valence-corrected chi connectivity index (χ4v) is 0.224. The maximum absolute atomic E-state index is 3.97. The van der Waals surface area contributed by atoms with Gasteiger partial charge in [0.2, 0.25) is 0 Å². The van der Waals surface area contributed by atoms with Crippen molar-refractivity contribution in [1.82, 2.24) is 0 Å². The first-order chi connectivity index (χ1) is 2.41. The summed E-state index contributed by atoms with van der Waals surface area (Å²) in [6.45, 7) is 6.03. The number of nitrogens with zero attached hydrogens (tertiary/aromatic N) is 1. The summed E-state index contributed by atoms with van der Waals surface area (Å²) in [4.78, 5) is 0. The van der Waals surface area contributed by atoms with Crippen LogP contribution in [0.15, 0.2) is 0 Å². The first-order valence-electron chi connectivity index (χ1n) is 2.05. The number of hydrogen-bond donors (Lipinski definition) is 0. The predicted molar refractivity (Wildman–Crippen MR) is 24.4 cm³/mol. The molecule has 0 atom stereocenters. The van der Waals surface area contributed by atoms with E-state index in [0.717, 1.165) is 13.1 Å². The molecule has 0 aliphatic carbocycles. The van der Waals surface area contributed by atoms with Crippen LogP contribution in [0, 0.1) is 0 Å². The molecule has 0 aliphatic heterocycles. The van der Waals surface area contributed by atoms with Crippen molar-refractivity contribution in [2.24, 2.45) is 0 Å². The summed E-state index contributed by atoms with van der Waals surface area (Å²) in [7, 11) is 0. The minimum Gasteiger partial charge on any atom is -0.663 e. The smallest absolute Gasteiger partial charge is 0 e. The molecule has 1 nitrogen and oxygen atoms in total. The largest absolute Gasteiger partial charge is 0.663 e. The van der Waals surface area contributed by atoms with E-state index in [1.54, 1.807) is 0 Å². The molecule has 0 aromatic heterocycles. The minimum atomic E-state index is 0. The second-order valence-corrected chi connectivity index (χ2v) is 0.856. The molecule has 36 valence electrons. The predicted octanol–water partition coefficient (Wildman–Crippen LogP) is 1.40.